The molecule has 14 heavy (non-hydrogen) atoms. The van der Waals surface area contributed by atoms with E-state index in [0.29, 0.717) is 0 Å². The maximum atomic E-state index is 5.84. The zero-order valence-electron chi connectivity index (χ0n) is 6.98. The molecule has 2 heterocycles. The molecule has 1 atom stereocenters. The smallest absolute Gasteiger partial charge is 0.100 e. The summed E-state index contributed by atoms with van der Waals surface area (Å²) in [5.41, 5.74) is 3.51. The molecule has 1 unspecified atom stereocenters. The zero-order valence-corrected chi connectivity index (χ0v) is 9.36. The molecular formula is C7H7ClN4S2. The highest BCUT2D eigenvalue weighted by Gasteiger charge is 2.16. The zero-order chi connectivity index (χ0) is 9.97. The number of hydrogen-bond donors (Lipinski definition) is 2. The second-order valence-electron chi connectivity index (χ2n) is 2.57. The van der Waals surface area contributed by atoms with Crippen molar-refractivity contribution in [2.24, 2.45) is 5.84 Å². The summed E-state index contributed by atoms with van der Waals surface area (Å²) in [5.74, 6) is 5.46. The number of aromatic nitrogens is 2. The maximum absolute atomic E-state index is 5.84. The van der Waals surface area contributed by atoms with Crippen molar-refractivity contribution in [1.82, 2.24) is 14.2 Å². The van der Waals surface area contributed by atoms with Gasteiger partial charge in [-0.1, -0.05) is 11.6 Å². The van der Waals surface area contributed by atoms with E-state index in [-0.39, 0.29) is 6.04 Å². The van der Waals surface area contributed by atoms with Crippen LogP contribution in [0.2, 0.25) is 4.34 Å². The van der Waals surface area contributed by atoms with Gasteiger partial charge in [-0.2, -0.15) is 8.75 Å². The van der Waals surface area contributed by atoms with E-state index < -0.39 is 0 Å². The number of hydrazine groups is 1. The topological polar surface area (TPSA) is 63.8 Å². The fourth-order valence-electron chi connectivity index (χ4n) is 1.10. The van der Waals surface area contributed by atoms with Crippen LogP contribution in [-0.4, -0.2) is 8.75 Å². The van der Waals surface area contributed by atoms with Gasteiger partial charge in [-0.3, -0.25) is 5.84 Å². The molecule has 3 N–H and O–H groups in total. The first-order valence-corrected chi connectivity index (χ1v) is 5.72. The highest BCUT2D eigenvalue weighted by atomic mass is 35.5. The second-order valence-corrected chi connectivity index (χ2v) is 4.88. The lowest BCUT2D eigenvalue weighted by Crippen LogP contribution is -2.28. The monoisotopic (exact) mass is 246 g/mol. The molecule has 4 nitrogen and oxygen atoms in total. The minimum absolute atomic E-state index is 0.119. The maximum Gasteiger partial charge on any atom is 0.100 e. The van der Waals surface area contributed by atoms with E-state index in [1.54, 1.807) is 6.20 Å². The molecule has 7 heteroatoms. The predicted octanol–water partition coefficient (Wildman–Crippen LogP) is 1.81. The van der Waals surface area contributed by atoms with Crippen molar-refractivity contribution in [2.75, 3.05) is 0 Å². The third kappa shape index (κ3) is 1.94. The molecule has 0 fully saturated rings. The Hall–Kier alpha value is -0.530. The first kappa shape index (κ1) is 10.0. The fraction of sp³-hybridized carbons (Fsp3) is 0.143. The van der Waals surface area contributed by atoms with Crippen molar-refractivity contribution in [3.63, 3.8) is 0 Å². The first-order chi connectivity index (χ1) is 6.81. The van der Waals surface area contributed by atoms with Crippen LogP contribution in [0.4, 0.5) is 0 Å². The fourth-order valence-corrected chi connectivity index (χ4v) is 2.68. The van der Waals surface area contributed by atoms with Gasteiger partial charge in [0.2, 0.25) is 0 Å². The Morgan fingerprint density at radius 2 is 2.36 bits per heavy atom. The number of thiophene rings is 1. The van der Waals surface area contributed by atoms with Crippen LogP contribution in [-0.2, 0) is 0 Å². The Balaban J connectivity index is 2.31. The van der Waals surface area contributed by atoms with E-state index in [4.69, 9.17) is 17.4 Å². The SMILES string of the molecule is NNC(c1cnsn1)c1ccc(Cl)s1. The van der Waals surface area contributed by atoms with Gasteiger partial charge < -0.3 is 0 Å². The van der Waals surface area contributed by atoms with Crippen LogP contribution in [0.1, 0.15) is 16.6 Å². The molecular weight excluding hydrogens is 240 g/mol. The Morgan fingerprint density at radius 1 is 1.50 bits per heavy atom. The van der Waals surface area contributed by atoms with E-state index in [0.717, 1.165) is 26.6 Å². The molecule has 2 aromatic heterocycles. The summed E-state index contributed by atoms with van der Waals surface area (Å²) in [6.45, 7) is 0. The normalized spacial score (nSPS) is 13.0. The minimum Gasteiger partial charge on any atom is -0.270 e. The third-order valence-electron chi connectivity index (χ3n) is 1.72. The van der Waals surface area contributed by atoms with Crippen molar-refractivity contribution >= 4 is 34.7 Å². The Morgan fingerprint density at radius 3 is 2.86 bits per heavy atom. The van der Waals surface area contributed by atoms with Gasteiger partial charge in [0.05, 0.1) is 28.0 Å². The molecule has 0 bridgehead atoms. The van der Waals surface area contributed by atoms with Crippen LogP contribution in [0.3, 0.4) is 0 Å². The molecule has 0 aromatic carbocycles. The predicted molar refractivity (Wildman–Crippen MR) is 58.4 cm³/mol. The molecule has 2 aromatic rings. The van der Waals surface area contributed by atoms with E-state index in [1.165, 1.54) is 11.3 Å². The standard InChI is InChI=1S/C7H7ClN4S2/c8-6-2-1-5(13-6)7(11-9)4-3-10-14-12-4/h1-3,7,11H,9H2. The summed E-state index contributed by atoms with van der Waals surface area (Å²) in [4.78, 5) is 1.03. The van der Waals surface area contributed by atoms with E-state index in [9.17, 15) is 0 Å². The molecule has 0 aliphatic rings. The quantitative estimate of drug-likeness (QED) is 0.641. The second kappa shape index (κ2) is 4.33. The van der Waals surface area contributed by atoms with E-state index in [1.807, 2.05) is 12.1 Å². The van der Waals surface area contributed by atoms with Crippen molar-refractivity contribution in [3.05, 3.63) is 33.2 Å². The van der Waals surface area contributed by atoms with Gasteiger partial charge in [0, 0.05) is 4.88 Å². The molecule has 0 radical (unpaired) electrons. The summed E-state index contributed by atoms with van der Waals surface area (Å²) in [6, 6.07) is 3.65. The molecule has 0 spiro atoms. The molecule has 74 valence electrons. The van der Waals surface area contributed by atoms with Gasteiger partial charge >= 0.3 is 0 Å². The molecule has 0 aliphatic heterocycles. The minimum atomic E-state index is -0.119. The van der Waals surface area contributed by atoms with Gasteiger partial charge in [0.1, 0.15) is 6.04 Å². The van der Waals surface area contributed by atoms with Crippen LogP contribution < -0.4 is 11.3 Å². The third-order valence-corrected chi connectivity index (χ3v) is 3.51. The van der Waals surface area contributed by atoms with Crippen molar-refractivity contribution < 1.29 is 0 Å². The number of rotatable bonds is 3. The van der Waals surface area contributed by atoms with Crippen molar-refractivity contribution in [3.8, 4) is 0 Å². The average molecular weight is 247 g/mol. The lowest BCUT2D eigenvalue weighted by atomic mass is 10.2. The van der Waals surface area contributed by atoms with Gasteiger partial charge in [-0.05, 0) is 12.1 Å². The number of nitrogens with two attached hydrogens (primary N) is 1. The van der Waals surface area contributed by atoms with Crippen molar-refractivity contribution in [2.45, 2.75) is 6.04 Å². The van der Waals surface area contributed by atoms with E-state index >= 15 is 0 Å². The number of nitrogens with zero attached hydrogens (tertiary/aromatic N) is 2. The largest absolute Gasteiger partial charge is 0.270 e. The van der Waals surface area contributed by atoms with Crippen LogP contribution in [0.25, 0.3) is 0 Å². The van der Waals surface area contributed by atoms with Gasteiger partial charge in [0.15, 0.2) is 0 Å². The highest BCUT2D eigenvalue weighted by Crippen LogP contribution is 2.29. The Labute approximate surface area is 94.0 Å². The number of hydrogen-bond acceptors (Lipinski definition) is 6. The summed E-state index contributed by atoms with van der Waals surface area (Å²) < 4.78 is 8.79. The number of nitrogens with one attached hydrogen (secondary N) is 1. The average Bonchev–Trinajstić information content (AvgIpc) is 2.79. The van der Waals surface area contributed by atoms with Crippen LogP contribution in [0.15, 0.2) is 18.3 Å². The summed E-state index contributed by atoms with van der Waals surface area (Å²) in [5, 5.41) is 0. The molecule has 0 saturated carbocycles. The molecule has 0 amide bonds. The van der Waals surface area contributed by atoms with Gasteiger partial charge in [0.25, 0.3) is 0 Å². The number of halogens is 1. The Kier molecular flexibility index (Phi) is 3.09. The molecule has 0 aliphatic carbocycles. The molecule has 0 saturated heterocycles. The highest BCUT2D eigenvalue weighted by molar-refractivity contribution is 7.16. The molecule has 2 rings (SSSR count). The summed E-state index contributed by atoms with van der Waals surface area (Å²) in [7, 11) is 0. The van der Waals surface area contributed by atoms with Crippen molar-refractivity contribution in [1.29, 1.82) is 0 Å². The van der Waals surface area contributed by atoms with Crippen LogP contribution in [0, 0.1) is 0 Å². The van der Waals surface area contributed by atoms with E-state index in [2.05, 4.69) is 14.2 Å². The Bertz CT molecular complexity index is 399. The first-order valence-electron chi connectivity index (χ1n) is 3.80. The summed E-state index contributed by atoms with van der Waals surface area (Å²) in [6.07, 6.45) is 1.70. The lowest BCUT2D eigenvalue weighted by molar-refractivity contribution is 0.635. The van der Waals surface area contributed by atoms with Crippen LogP contribution >= 0.6 is 34.7 Å². The van der Waals surface area contributed by atoms with Gasteiger partial charge in [-0.25, -0.2) is 5.43 Å². The van der Waals surface area contributed by atoms with Gasteiger partial charge in [-0.15, -0.1) is 11.3 Å². The summed E-state index contributed by atoms with van der Waals surface area (Å²) >= 11 is 8.48. The lowest BCUT2D eigenvalue weighted by Gasteiger charge is -2.09. The van der Waals surface area contributed by atoms with Crippen LogP contribution in [0.5, 0.6) is 0 Å².